The van der Waals surface area contributed by atoms with Gasteiger partial charge >= 0.3 is 0 Å². The third kappa shape index (κ3) is 3.67. The first kappa shape index (κ1) is 12.3. The van der Waals surface area contributed by atoms with Crippen LogP contribution in [0.2, 0.25) is 0 Å². The molecule has 0 saturated heterocycles. The normalized spacial score (nSPS) is 10.2. The predicted octanol–water partition coefficient (Wildman–Crippen LogP) is 3.20. The van der Waals surface area contributed by atoms with Crippen LogP contribution < -0.4 is 11.1 Å². The Morgan fingerprint density at radius 2 is 1.82 bits per heavy atom. The number of nitrogens with one attached hydrogen (secondary N) is 1. The Bertz CT molecular complexity index is 493. The van der Waals surface area contributed by atoms with Crippen LogP contribution in [0.5, 0.6) is 0 Å². The van der Waals surface area contributed by atoms with Gasteiger partial charge < -0.3 is 11.1 Å². The maximum atomic E-state index is 5.62. The van der Waals surface area contributed by atoms with Gasteiger partial charge in [0.05, 0.1) is 0 Å². The number of halogens is 2. The van der Waals surface area contributed by atoms with Crippen molar-refractivity contribution in [1.29, 1.82) is 0 Å². The fourth-order valence-corrected chi connectivity index (χ4v) is 1.96. The lowest BCUT2D eigenvalue weighted by Gasteiger charge is -2.06. The van der Waals surface area contributed by atoms with Crippen molar-refractivity contribution >= 4 is 43.6 Å². The Balaban J connectivity index is 2.04. The molecule has 4 nitrogen and oxygen atoms in total. The molecule has 0 fully saturated rings. The van der Waals surface area contributed by atoms with E-state index >= 15 is 0 Å². The van der Waals surface area contributed by atoms with E-state index in [4.69, 9.17) is 5.73 Å². The molecule has 0 aliphatic carbocycles. The fourth-order valence-electron chi connectivity index (χ4n) is 1.30. The number of nitrogens with two attached hydrogens (primary N) is 1. The summed E-state index contributed by atoms with van der Waals surface area (Å²) in [4.78, 5) is 8.25. The number of benzene rings is 1. The van der Waals surface area contributed by atoms with Crippen molar-refractivity contribution in [2.45, 2.75) is 6.54 Å². The zero-order valence-electron chi connectivity index (χ0n) is 8.82. The van der Waals surface area contributed by atoms with Crippen LogP contribution >= 0.6 is 31.9 Å². The van der Waals surface area contributed by atoms with Gasteiger partial charge in [-0.25, -0.2) is 4.98 Å². The Kier molecular flexibility index (Phi) is 3.96. The van der Waals surface area contributed by atoms with E-state index in [2.05, 4.69) is 47.1 Å². The third-order valence-corrected chi connectivity index (χ3v) is 3.01. The third-order valence-electron chi connectivity index (χ3n) is 2.08. The Labute approximate surface area is 116 Å². The van der Waals surface area contributed by atoms with Crippen LogP contribution in [-0.2, 0) is 6.54 Å². The van der Waals surface area contributed by atoms with Crippen LogP contribution in [-0.4, -0.2) is 9.97 Å². The highest BCUT2D eigenvalue weighted by molar-refractivity contribution is 9.10. The van der Waals surface area contributed by atoms with Crippen LogP contribution in [0.15, 0.2) is 39.4 Å². The van der Waals surface area contributed by atoms with Crippen molar-refractivity contribution in [3.63, 3.8) is 0 Å². The number of rotatable bonds is 3. The minimum absolute atomic E-state index is 0.435. The Morgan fingerprint density at radius 1 is 1.12 bits per heavy atom. The summed E-state index contributed by atoms with van der Waals surface area (Å²) >= 11 is 6.66. The summed E-state index contributed by atoms with van der Waals surface area (Å²) in [5.41, 5.74) is 6.77. The molecule has 0 spiro atoms. The van der Waals surface area contributed by atoms with E-state index in [0.29, 0.717) is 22.9 Å². The van der Waals surface area contributed by atoms with Crippen LogP contribution in [0.4, 0.5) is 11.8 Å². The molecule has 0 bridgehead atoms. The van der Waals surface area contributed by atoms with Crippen LogP contribution in [0.1, 0.15) is 5.56 Å². The number of nitrogen functional groups attached to an aromatic ring is 1. The van der Waals surface area contributed by atoms with Crippen molar-refractivity contribution in [3.05, 3.63) is 45.0 Å². The largest absolute Gasteiger partial charge is 0.383 e. The van der Waals surface area contributed by atoms with Gasteiger partial charge in [-0.2, -0.15) is 4.98 Å². The highest BCUT2D eigenvalue weighted by Crippen LogP contribution is 2.14. The fraction of sp³-hybridized carbons (Fsp3) is 0.0909. The minimum atomic E-state index is 0.435. The molecule has 1 heterocycles. The van der Waals surface area contributed by atoms with Gasteiger partial charge in [0.2, 0.25) is 5.95 Å². The van der Waals surface area contributed by atoms with Gasteiger partial charge in [-0.15, -0.1) is 0 Å². The van der Waals surface area contributed by atoms with E-state index in [-0.39, 0.29) is 0 Å². The molecule has 1 aromatic heterocycles. The zero-order chi connectivity index (χ0) is 12.3. The molecule has 3 N–H and O–H groups in total. The highest BCUT2D eigenvalue weighted by atomic mass is 79.9. The minimum Gasteiger partial charge on any atom is -0.383 e. The first-order chi connectivity index (χ1) is 8.13. The molecule has 0 radical (unpaired) electrons. The van der Waals surface area contributed by atoms with Crippen molar-refractivity contribution in [2.75, 3.05) is 11.1 Å². The lowest BCUT2D eigenvalue weighted by atomic mass is 10.2. The summed E-state index contributed by atoms with van der Waals surface area (Å²) in [7, 11) is 0. The highest BCUT2D eigenvalue weighted by Gasteiger charge is 2.00. The summed E-state index contributed by atoms with van der Waals surface area (Å²) in [6.45, 7) is 0.656. The quantitative estimate of drug-likeness (QED) is 0.828. The topological polar surface area (TPSA) is 63.8 Å². The molecule has 17 heavy (non-hydrogen) atoms. The molecular weight excluding hydrogens is 348 g/mol. The molecular formula is C11H10Br2N4. The van der Waals surface area contributed by atoms with Crippen LogP contribution in [0.3, 0.4) is 0 Å². The first-order valence-electron chi connectivity index (χ1n) is 4.92. The Hall–Kier alpha value is -1.14. The summed E-state index contributed by atoms with van der Waals surface area (Å²) < 4.78 is 1.73. The predicted molar refractivity (Wildman–Crippen MR) is 75.6 cm³/mol. The molecule has 1 aromatic carbocycles. The summed E-state index contributed by atoms with van der Waals surface area (Å²) in [5, 5.41) is 3.11. The number of anilines is 2. The van der Waals surface area contributed by atoms with Crippen molar-refractivity contribution in [3.8, 4) is 0 Å². The van der Waals surface area contributed by atoms with Crippen molar-refractivity contribution < 1.29 is 0 Å². The van der Waals surface area contributed by atoms with Crippen LogP contribution in [0.25, 0.3) is 0 Å². The van der Waals surface area contributed by atoms with E-state index in [1.165, 1.54) is 0 Å². The number of hydrogen-bond acceptors (Lipinski definition) is 4. The molecule has 0 amide bonds. The molecule has 0 atom stereocenters. The monoisotopic (exact) mass is 356 g/mol. The SMILES string of the molecule is Nc1cc(Br)nc(NCc2ccc(Br)cc2)n1. The number of nitrogens with zero attached hydrogens (tertiary/aromatic N) is 2. The smallest absolute Gasteiger partial charge is 0.225 e. The first-order valence-corrected chi connectivity index (χ1v) is 6.50. The molecule has 88 valence electrons. The maximum Gasteiger partial charge on any atom is 0.225 e. The van der Waals surface area contributed by atoms with Gasteiger partial charge in [0.1, 0.15) is 10.4 Å². The van der Waals surface area contributed by atoms with E-state index in [1.54, 1.807) is 6.07 Å². The standard InChI is InChI=1S/C11H10Br2N4/c12-8-3-1-7(2-4-8)6-15-11-16-9(13)5-10(14)17-11/h1-5H,6H2,(H3,14,15,16,17). The van der Waals surface area contributed by atoms with Crippen molar-refractivity contribution in [1.82, 2.24) is 9.97 Å². The van der Waals surface area contributed by atoms with Gasteiger partial charge in [-0.3, -0.25) is 0 Å². The van der Waals surface area contributed by atoms with E-state index in [0.717, 1.165) is 10.0 Å². The Morgan fingerprint density at radius 3 is 2.47 bits per heavy atom. The van der Waals surface area contributed by atoms with Crippen LogP contribution in [0, 0.1) is 0 Å². The molecule has 0 aliphatic rings. The van der Waals surface area contributed by atoms with Gasteiger partial charge in [0, 0.05) is 17.1 Å². The van der Waals surface area contributed by atoms with Gasteiger partial charge in [0.25, 0.3) is 0 Å². The van der Waals surface area contributed by atoms with E-state index in [1.807, 2.05) is 24.3 Å². The number of hydrogen-bond donors (Lipinski definition) is 2. The maximum absolute atomic E-state index is 5.62. The van der Waals surface area contributed by atoms with E-state index in [9.17, 15) is 0 Å². The molecule has 0 aliphatic heterocycles. The molecule has 6 heteroatoms. The average Bonchev–Trinajstić information content (AvgIpc) is 2.27. The lowest BCUT2D eigenvalue weighted by Crippen LogP contribution is -2.05. The summed E-state index contributed by atoms with van der Waals surface area (Å²) in [6.07, 6.45) is 0. The van der Waals surface area contributed by atoms with Crippen molar-refractivity contribution in [2.24, 2.45) is 0 Å². The second-order valence-electron chi connectivity index (χ2n) is 3.42. The molecule has 0 saturated carbocycles. The summed E-state index contributed by atoms with van der Waals surface area (Å²) in [5.74, 6) is 0.949. The second kappa shape index (κ2) is 5.46. The second-order valence-corrected chi connectivity index (χ2v) is 5.15. The molecule has 2 aromatic rings. The van der Waals surface area contributed by atoms with Gasteiger partial charge in [0.15, 0.2) is 0 Å². The summed E-state index contributed by atoms with van der Waals surface area (Å²) in [6, 6.07) is 9.70. The molecule has 2 rings (SSSR count). The van der Waals surface area contributed by atoms with E-state index < -0.39 is 0 Å². The lowest BCUT2D eigenvalue weighted by molar-refractivity contribution is 1.05. The average molecular weight is 358 g/mol. The number of aromatic nitrogens is 2. The molecule has 0 unspecified atom stereocenters. The zero-order valence-corrected chi connectivity index (χ0v) is 12.0. The van der Waals surface area contributed by atoms with Gasteiger partial charge in [-0.1, -0.05) is 28.1 Å². The van der Waals surface area contributed by atoms with Gasteiger partial charge in [-0.05, 0) is 33.6 Å².